The largest absolute Gasteiger partial charge is 0.458 e. The van der Waals surface area contributed by atoms with Crippen LogP contribution in [0.25, 0.3) is 0 Å². The number of ether oxygens (including phenoxy) is 1. The zero-order chi connectivity index (χ0) is 24.9. The molecule has 0 radical (unpaired) electrons. The molecule has 3 rings (SSSR count). The minimum atomic E-state index is -0.820. The predicted octanol–water partition coefficient (Wildman–Crippen LogP) is 4.62. The van der Waals surface area contributed by atoms with E-state index in [1.165, 1.54) is 0 Å². The highest BCUT2D eigenvalue weighted by Crippen LogP contribution is 2.28. The number of carbonyl (C=O) groups excluding carboxylic acids is 4. The average molecular weight is 462 g/mol. The molecule has 2 aromatic rings. The molecule has 0 bridgehead atoms. The van der Waals surface area contributed by atoms with Crippen molar-refractivity contribution in [2.45, 2.75) is 65.0 Å². The van der Waals surface area contributed by atoms with E-state index in [1.807, 2.05) is 30.3 Å². The van der Waals surface area contributed by atoms with Crippen molar-refractivity contribution in [1.29, 1.82) is 0 Å². The number of carbonyl (C=O) groups is 4. The fourth-order valence-corrected chi connectivity index (χ4v) is 3.96. The Morgan fingerprint density at radius 1 is 0.912 bits per heavy atom. The lowest BCUT2D eigenvalue weighted by atomic mass is 9.83. The topological polar surface area (TPSA) is 89.5 Å². The van der Waals surface area contributed by atoms with Crippen LogP contribution in [0.4, 0.5) is 0 Å². The summed E-state index contributed by atoms with van der Waals surface area (Å²) in [6.07, 6.45) is 1.13. The number of hydrogen-bond donors (Lipinski definition) is 1. The number of nitrogens with one attached hydrogen (secondary N) is 1. The lowest BCUT2D eigenvalue weighted by molar-refractivity contribution is -0.158. The quantitative estimate of drug-likeness (QED) is 0.580. The Balaban J connectivity index is 1.63. The number of rotatable bonds is 8. The molecule has 0 saturated carbocycles. The average Bonchev–Trinajstić information content (AvgIpc) is 2.79. The van der Waals surface area contributed by atoms with Crippen molar-refractivity contribution < 1.29 is 23.9 Å². The molecule has 0 aliphatic heterocycles. The van der Waals surface area contributed by atoms with Gasteiger partial charge in [-0.25, -0.2) is 4.79 Å². The summed E-state index contributed by atoms with van der Waals surface area (Å²) in [6, 6.07) is 15.4. The van der Waals surface area contributed by atoms with Crippen molar-refractivity contribution >= 4 is 23.4 Å². The lowest BCUT2D eigenvalue weighted by Crippen LogP contribution is -2.45. The first kappa shape index (κ1) is 25.1. The van der Waals surface area contributed by atoms with E-state index in [0.717, 1.165) is 5.56 Å². The summed E-state index contributed by atoms with van der Waals surface area (Å²) in [5, 5.41) is 2.79. The highest BCUT2D eigenvalue weighted by Gasteiger charge is 2.30. The van der Waals surface area contributed by atoms with E-state index in [-0.39, 0.29) is 23.9 Å². The molecule has 34 heavy (non-hydrogen) atoms. The van der Waals surface area contributed by atoms with Crippen LogP contribution in [-0.4, -0.2) is 35.1 Å². The van der Waals surface area contributed by atoms with Gasteiger partial charge in [-0.2, -0.15) is 0 Å². The zero-order valence-electron chi connectivity index (χ0n) is 20.1. The third kappa shape index (κ3) is 6.28. The van der Waals surface area contributed by atoms with Crippen molar-refractivity contribution in [3.63, 3.8) is 0 Å². The molecule has 6 heteroatoms. The molecule has 1 aliphatic carbocycles. The summed E-state index contributed by atoms with van der Waals surface area (Å²) in [6.45, 7) is 7.00. The van der Waals surface area contributed by atoms with Crippen LogP contribution in [0.2, 0.25) is 0 Å². The van der Waals surface area contributed by atoms with Crippen LogP contribution in [0.1, 0.15) is 73.2 Å². The molecule has 178 valence electrons. The van der Waals surface area contributed by atoms with Gasteiger partial charge in [0.25, 0.3) is 0 Å². The second-order valence-corrected chi connectivity index (χ2v) is 9.50. The van der Waals surface area contributed by atoms with E-state index in [4.69, 9.17) is 4.74 Å². The summed E-state index contributed by atoms with van der Waals surface area (Å²) in [7, 11) is 0. The molecule has 2 aromatic carbocycles. The van der Waals surface area contributed by atoms with Crippen LogP contribution in [0.3, 0.4) is 0 Å². The van der Waals surface area contributed by atoms with Crippen LogP contribution in [0, 0.1) is 0 Å². The first-order valence-electron chi connectivity index (χ1n) is 11.5. The highest BCUT2D eigenvalue weighted by molar-refractivity contribution is 6.26. The van der Waals surface area contributed by atoms with Gasteiger partial charge >= 0.3 is 5.97 Å². The fraction of sp³-hybridized carbons (Fsp3) is 0.357. The van der Waals surface area contributed by atoms with Crippen LogP contribution < -0.4 is 5.32 Å². The van der Waals surface area contributed by atoms with E-state index < -0.39 is 17.6 Å². The van der Waals surface area contributed by atoms with Gasteiger partial charge in [0.15, 0.2) is 11.6 Å². The maximum absolute atomic E-state index is 12.9. The second-order valence-electron chi connectivity index (χ2n) is 9.50. The molecular weight excluding hydrogens is 430 g/mol. The third-order valence-corrected chi connectivity index (χ3v) is 5.62. The molecule has 0 saturated heterocycles. The Morgan fingerprint density at radius 3 is 2.12 bits per heavy atom. The molecule has 6 nitrogen and oxygen atoms in total. The van der Waals surface area contributed by atoms with Gasteiger partial charge in [0, 0.05) is 35.1 Å². The van der Waals surface area contributed by atoms with Crippen molar-refractivity contribution in [3.05, 3.63) is 82.4 Å². The monoisotopic (exact) mass is 461 g/mol. The molecule has 1 amide bonds. The van der Waals surface area contributed by atoms with E-state index in [2.05, 4.69) is 5.32 Å². The van der Waals surface area contributed by atoms with E-state index >= 15 is 0 Å². The van der Waals surface area contributed by atoms with Gasteiger partial charge in [0.1, 0.15) is 11.6 Å². The highest BCUT2D eigenvalue weighted by atomic mass is 16.6. The van der Waals surface area contributed by atoms with Gasteiger partial charge < -0.3 is 10.1 Å². The smallest absolute Gasteiger partial charge is 0.329 e. The minimum Gasteiger partial charge on any atom is -0.458 e. The van der Waals surface area contributed by atoms with Crippen molar-refractivity contribution in [2.24, 2.45) is 0 Å². The Bertz CT molecular complexity index is 1120. The Kier molecular flexibility index (Phi) is 7.82. The molecule has 0 fully saturated rings. The van der Waals surface area contributed by atoms with Gasteiger partial charge in [-0.1, -0.05) is 54.6 Å². The van der Waals surface area contributed by atoms with Crippen LogP contribution in [0.15, 0.2) is 65.7 Å². The number of ketones is 2. The summed E-state index contributed by atoms with van der Waals surface area (Å²) in [5.41, 5.74) is 1.94. The van der Waals surface area contributed by atoms with Crippen molar-refractivity contribution in [1.82, 2.24) is 5.32 Å². The Morgan fingerprint density at radius 2 is 1.50 bits per heavy atom. The third-order valence-electron chi connectivity index (χ3n) is 5.62. The minimum absolute atomic E-state index is 0.119. The molecule has 0 heterocycles. The van der Waals surface area contributed by atoms with Crippen LogP contribution in [0.5, 0.6) is 0 Å². The van der Waals surface area contributed by atoms with Crippen LogP contribution in [-0.2, 0) is 20.7 Å². The maximum Gasteiger partial charge on any atom is 0.329 e. The lowest BCUT2D eigenvalue weighted by Gasteiger charge is -2.25. The molecule has 0 spiro atoms. The molecule has 0 aromatic heterocycles. The van der Waals surface area contributed by atoms with Crippen molar-refractivity contribution in [3.8, 4) is 0 Å². The molecule has 1 atom stereocenters. The predicted molar refractivity (Wildman–Crippen MR) is 130 cm³/mol. The summed E-state index contributed by atoms with van der Waals surface area (Å²) in [4.78, 5) is 50.9. The molecule has 1 N–H and O–H groups in total. The number of esters is 1. The number of Topliss-reactive ketones (excluding diaryl/α,β-unsaturated/α-hetero) is 2. The van der Waals surface area contributed by atoms with Crippen molar-refractivity contribution in [2.75, 3.05) is 0 Å². The molecule has 1 unspecified atom stereocenters. The number of allylic oxidation sites excluding steroid dienone is 2. The summed E-state index contributed by atoms with van der Waals surface area (Å²) < 4.78 is 5.50. The van der Waals surface area contributed by atoms with E-state index in [9.17, 15) is 19.2 Å². The van der Waals surface area contributed by atoms with E-state index in [0.29, 0.717) is 41.5 Å². The number of benzene rings is 2. The number of fused-ring (bicyclic) bond motifs is 1. The number of amides is 1. The SMILES string of the molecule is CC1=C(CCCC(=O)NC(Cc2ccccc2)C(=O)OC(C)(C)C)C(=O)c2ccccc2C1=O. The normalized spacial score (nSPS) is 14.5. The van der Waals surface area contributed by atoms with E-state index in [1.54, 1.807) is 52.0 Å². The van der Waals surface area contributed by atoms with Gasteiger partial charge in [-0.3, -0.25) is 14.4 Å². The van der Waals surface area contributed by atoms with Crippen LogP contribution >= 0.6 is 0 Å². The standard InChI is InChI=1S/C28H31NO5/c1-18-20(26(32)22-14-9-8-13-21(22)25(18)31)15-10-16-24(30)29-23(27(33)34-28(2,3)4)17-19-11-6-5-7-12-19/h5-9,11-14,23H,10,15-17H2,1-4H3,(H,29,30). The van der Waals surface area contributed by atoms with Gasteiger partial charge in [0.05, 0.1) is 0 Å². The first-order valence-corrected chi connectivity index (χ1v) is 11.5. The fourth-order valence-electron chi connectivity index (χ4n) is 3.96. The Labute approximate surface area is 200 Å². The van der Waals surface area contributed by atoms with Gasteiger partial charge in [-0.05, 0) is 46.1 Å². The Hall–Kier alpha value is -3.54. The zero-order valence-corrected chi connectivity index (χ0v) is 20.1. The van der Waals surface area contributed by atoms with Gasteiger partial charge in [0.2, 0.25) is 5.91 Å². The maximum atomic E-state index is 12.9. The number of hydrogen-bond acceptors (Lipinski definition) is 5. The summed E-state index contributed by atoms with van der Waals surface area (Å²) >= 11 is 0. The second kappa shape index (κ2) is 10.6. The van der Waals surface area contributed by atoms with Gasteiger partial charge in [-0.15, -0.1) is 0 Å². The molecular formula is C28H31NO5. The molecule has 1 aliphatic rings. The first-order chi connectivity index (χ1) is 16.1. The summed E-state index contributed by atoms with van der Waals surface area (Å²) in [5.74, 6) is -1.11.